The van der Waals surface area contributed by atoms with Gasteiger partial charge in [0, 0.05) is 0 Å². The number of carboxylic acid groups (broad SMARTS) is 2. The van der Waals surface area contributed by atoms with Gasteiger partial charge in [-0.2, -0.15) is 0 Å². The highest BCUT2D eigenvalue weighted by molar-refractivity contribution is 5.88. The molecule has 2 saturated carbocycles. The molecule has 0 radical (unpaired) electrons. The van der Waals surface area contributed by atoms with Crippen LogP contribution in [0.15, 0.2) is 90.0 Å². The summed E-state index contributed by atoms with van der Waals surface area (Å²) in [6.45, 7) is 21.4. The van der Waals surface area contributed by atoms with E-state index in [0.717, 1.165) is 36.8 Å². The summed E-state index contributed by atoms with van der Waals surface area (Å²) in [6, 6.07) is 26.7. The molecule has 4 aliphatic rings. The fourth-order valence-corrected chi connectivity index (χ4v) is 10.5. The summed E-state index contributed by atoms with van der Waals surface area (Å²) in [7, 11) is 0. The number of rotatable bonds is 6. The van der Waals surface area contributed by atoms with E-state index in [1.165, 1.54) is 71.9 Å². The summed E-state index contributed by atoms with van der Waals surface area (Å²) in [5.74, 6) is -0.570. The van der Waals surface area contributed by atoms with Crippen LogP contribution in [0.3, 0.4) is 0 Å². The summed E-state index contributed by atoms with van der Waals surface area (Å²) in [5.41, 5.74) is 17.5. The summed E-state index contributed by atoms with van der Waals surface area (Å²) >= 11 is 0. The van der Waals surface area contributed by atoms with E-state index in [2.05, 4.69) is 105 Å². The van der Waals surface area contributed by atoms with Gasteiger partial charge in [-0.1, -0.05) is 133 Å². The van der Waals surface area contributed by atoms with Crippen molar-refractivity contribution in [2.75, 3.05) is 0 Å². The lowest BCUT2D eigenvalue weighted by Crippen LogP contribution is -2.34. The third-order valence-corrected chi connectivity index (χ3v) is 14.7. The highest BCUT2D eigenvalue weighted by Crippen LogP contribution is 2.50. The van der Waals surface area contributed by atoms with Gasteiger partial charge in [0.1, 0.15) is 0 Å². The molecule has 2 N–H and O–H groups in total. The van der Waals surface area contributed by atoms with Gasteiger partial charge in [-0.3, -0.25) is 0 Å². The Balaban J connectivity index is 0.000000179. The van der Waals surface area contributed by atoms with Gasteiger partial charge in [-0.15, -0.1) is 0 Å². The second-order valence-corrected chi connectivity index (χ2v) is 20.9. The molecule has 4 nitrogen and oxygen atoms in total. The maximum atomic E-state index is 11.1. The lowest BCUT2D eigenvalue weighted by atomic mass is 9.62. The average molecular weight is 791 g/mol. The Hall–Kier alpha value is -4.70. The molecule has 4 aromatic carbocycles. The summed E-state index contributed by atoms with van der Waals surface area (Å²) in [5, 5.41) is 18.1. The van der Waals surface area contributed by atoms with Crippen molar-refractivity contribution in [3.05, 3.63) is 151 Å². The predicted molar refractivity (Wildman–Crippen MR) is 244 cm³/mol. The number of allylic oxidation sites excluding steroid dienone is 2. The first-order valence-electron chi connectivity index (χ1n) is 22.1. The third kappa shape index (κ3) is 9.08. The maximum absolute atomic E-state index is 11.1. The zero-order valence-corrected chi connectivity index (χ0v) is 37.1. The number of hydrogen-bond donors (Lipinski definition) is 2. The van der Waals surface area contributed by atoms with Crippen molar-refractivity contribution in [3.63, 3.8) is 0 Å². The molecule has 4 heteroatoms. The van der Waals surface area contributed by atoms with Crippen LogP contribution < -0.4 is 0 Å². The molecule has 0 bridgehead atoms. The number of fused-ring (bicyclic) bond motifs is 2. The largest absolute Gasteiger partial charge is 0.478 e. The smallest absolute Gasteiger partial charge is 0.335 e. The number of aryl methyl sites for hydroxylation is 1. The normalized spacial score (nSPS) is 23.5. The Morgan fingerprint density at radius 3 is 1.41 bits per heavy atom. The van der Waals surface area contributed by atoms with E-state index in [0.29, 0.717) is 23.0 Å². The van der Waals surface area contributed by atoms with Crippen LogP contribution in [0.4, 0.5) is 0 Å². The zero-order valence-electron chi connectivity index (χ0n) is 37.1. The van der Waals surface area contributed by atoms with Crippen LogP contribution in [0.2, 0.25) is 0 Å². The molecule has 4 aromatic rings. The van der Waals surface area contributed by atoms with Crippen molar-refractivity contribution in [1.82, 2.24) is 0 Å². The van der Waals surface area contributed by atoms with Crippen molar-refractivity contribution in [3.8, 4) is 0 Å². The number of aromatic carboxylic acids is 2. The second-order valence-electron chi connectivity index (χ2n) is 20.9. The van der Waals surface area contributed by atoms with E-state index in [1.807, 2.05) is 24.3 Å². The number of benzene rings is 4. The Kier molecular flexibility index (Phi) is 11.5. The van der Waals surface area contributed by atoms with Gasteiger partial charge in [0.15, 0.2) is 0 Å². The van der Waals surface area contributed by atoms with Crippen LogP contribution in [-0.2, 0) is 21.7 Å². The molecule has 4 aliphatic carbocycles. The molecule has 2 unspecified atom stereocenters. The van der Waals surface area contributed by atoms with E-state index < -0.39 is 11.9 Å². The number of carbonyl (C=O) groups is 2. The number of carboxylic acids is 2. The van der Waals surface area contributed by atoms with Crippen LogP contribution >= 0.6 is 0 Å². The van der Waals surface area contributed by atoms with E-state index in [1.54, 1.807) is 41.0 Å². The van der Waals surface area contributed by atoms with Crippen LogP contribution in [0.5, 0.6) is 0 Å². The first-order valence-corrected chi connectivity index (χ1v) is 22.1. The van der Waals surface area contributed by atoms with E-state index in [9.17, 15) is 9.59 Å². The first kappa shape index (κ1) is 42.4. The van der Waals surface area contributed by atoms with Crippen molar-refractivity contribution in [2.45, 2.75) is 160 Å². The standard InChI is InChI=1S/C28H34O2.C27H32O2/c1-18-14-24-25(28(4,5)13-12-27(24,2)3)17-23(18)22-11-8-20(16-22)15-19-6-9-21(10-7-19)26(29)30;1-26(2)13-14-27(3,4)24-17-22(11-12-23(24)26)21-10-7-19(16-21)15-18-5-8-20(9-6-18)25(28)29/h6-7,9-10,14-15,17,22H,8,11-13,16H2,1-5H3,(H,29,30);5-6,8-9,11-12,15,17,21H,7,10,13-14,16H2,1-4H3,(H,28,29). The lowest BCUT2D eigenvalue weighted by Gasteiger charge is -2.42. The lowest BCUT2D eigenvalue weighted by molar-refractivity contribution is 0.0686. The minimum absolute atomic E-state index is 0.246. The highest BCUT2D eigenvalue weighted by atomic mass is 16.4. The molecule has 2 atom stereocenters. The van der Waals surface area contributed by atoms with Crippen LogP contribution in [0.1, 0.15) is 202 Å². The quantitative estimate of drug-likeness (QED) is 0.204. The van der Waals surface area contributed by atoms with Gasteiger partial charge >= 0.3 is 11.9 Å². The fraction of sp³-hybridized carbons (Fsp3) is 0.455. The molecule has 310 valence electrons. The van der Waals surface area contributed by atoms with Crippen LogP contribution in [0.25, 0.3) is 12.2 Å². The minimum atomic E-state index is -0.872. The molecule has 0 heterocycles. The Labute approximate surface area is 353 Å². The van der Waals surface area contributed by atoms with Crippen molar-refractivity contribution < 1.29 is 19.8 Å². The number of hydrogen-bond acceptors (Lipinski definition) is 2. The first-order chi connectivity index (χ1) is 27.7. The zero-order chi connectivity index (χ0) is 42.5. The van der Waals surface area contributed by atoms with Gasteiger partial charge in [0.25, 0.3) is 0 Å². The SMILES string of the molecule is CC1(C)CCC(C)(C)c2cc(C3CCC(=Cc4ccc(C(=O)O)cc4)C3)ccc21.Cc1cc2c(cc1C1CCC(=Cc3ccc(C(=O)O)cc3)C1)C(C)(C)CCC2(C)C. The monoisotopic (exact) mass is 790 g/mol. The molecular weight excluding hydrogens is 725 g/mol. The average Bonchev–Trinajstić information content (AvgIpc) is 3.86. The van der Waals surface area contributed by atoms with Crippen molar-refractivity contribution in [2.24, 2.45) is 0 Å². The van der Waals surface area contributed by atoms with Crippen LogP contribution in [-0.4, -0.2) is 22.2 Å². The van der Waals surface area contributed by atoms with Crippen LogP contribution in [0, 0.1) is 6.92 Å². The molecule has 59 heavy (non-hydrogen) atoms. The fourth-order valence-electron chi connectivity index (χ4n) is 10.5. The van der Waals surface area contributed by atoms with Crippen molar-refractivity contribution >= 4 is 24.1 Å². The minimum Gasteiger partial charge on any atom is -0.478 e. The maximum Gasteiger partial charge on any atom is 0.335 e. The van der Waals surface area contributed by atoms with E-state index >= 15 is 0 Å². The molecule has 8 rings (SSSR count). The summed E-state index contributed by atoms with van der Waals surface area (Å²) < 4.78 is 0. The van der Waals surface area contributed by atoms with Gasteiger partial charge in [0.2, 0.25) is 0 Å². The van der Waals surface area contributed by atoms with Gasteiger partial charge in [-0.05, 0) is 179 Å². The predicted octanol–water partition coefficient (Wildman–Crippen LogP) is 14.5. The third-order valence-electron chi connectivity index (χ3n) is 14.7. The second kappa shape index (κ2) is 16.1. The Morgan fingerprint density at radius 2 is 0.932 bits per heavy atom. The van der Waals surface area contributed by atoms with E-state index in [4.69, 9.17) is 10.2 Å². The Morgan fingerprint density at radius 1 is 0.525 bits per heavy atom. The molecule has 0 spiro atoms. The van der Waals surface area contributed by atoms with Gasteiger partial charge in [-0.25, -0.2) is 9.59 Å². The Bertz CT molecular complexity index is 2290. The molecule has 0 saturated heterocycles. The van der Waals surface area contributed by atoms with Gasteiger partial charge in [0.05, 0.1) is 11.1 Å². The van der Waals surface area contributed by atoms with Gasteiger partial charge < -0.3 is 10.2 Å². The molecule has 0 aromatic heterocycles. The molecule has 0 amide bonds. The summed E-state index contributed by atoms with van der Waals surface area (Å²) in [4.78, 5) is 22.1. The highest BCUT2D eigenvalue weighted by Gasteiger charge is 2.39. The summed E-state index contributed by atoms with van der Waals surface area (Å²) in [6.07, 6.45) is 16.3. The molecule has 2 fully saturated rings. The van der Waals surface area contributed by atoms with Crippen molar-refractivity contribution in [1.29, 1.82) is 0 Å². The molecular formula is C55H66O4. The topological polar surface area (TPSA) is 74.6 Å². The van der Waals surface area contributed by atoms with E-state index in [-0.39, 0.29) is 21.7 Å². The molecule has 0 aliphatic heterocycles.